The van der Waals surface area contributed by atoms with Crippen LogP contribution < -0.4 is 0 Å². The zero-order valence-electron chi connectivity index (χ0n) is 9.81. The van der Waals surface area contributed by atoms with Gasteiger partial charge in [-0.15, -0.1) is 0 Å². The van der Waals surface area contributed by atoms with Gasteiger partial charge in [0.15, 0.2) is 18.1 Å². The fourth-order valence-corrected chi connectivity index (χ4v) is 7.74. The third kappa shape index (κ3) is 8.72. The molecule has 0 aromatic carbocycles. The number of hydrogen-bond donors (Lipinski definition) is 0. The molecule has 0 spiro atoms. The maximum atomic E-state index is 6.13. The molecule has 2 atom stereocenters. The van der Waals surface area contributed by atoms with Gasteiger partial charge in [0, 0.05) is 0 Å². The molecule has 0 bridgehead atoms. The molecular formula is C10H26OSi2. The van der Waals surface area contributed by atoms with Crippen LogP contribution in [0.3, 0.4) is 0 Å². The molecule has 0 aliphatic carbocycles. The summed E-state index contributed by atoms with van der Waals surface area (Å²) in [5.41, 5.74) is 0. The first kappa shape index (κ1) is 13.4. The molecule has 3 heteroatoms. The lowest BCUT2D eigenvalue weighted by Crippen LogP contribution is -2.23. The fourth-order valence-electron chi connectivity index (χ4n) is 1.52. The van der Waals surface area contributed by atoms with Gasteiger partial charge >= 0.3 is 0 Å². The largest absolute Gasteiger partial charge is 0.460 e. The Balaban J connectivity index is 3.35. The van der Waals surface area contributed by atoms with Crippen molar-refractivity contribution in [1.29, 1.82) is 0 Å². The second-order valence-electron chi connectivity index (χ2n) is 4.04. The van der Waals surface area contributed by atoms with Gasteiger partial charge in [0.05, 0.1) is 0 Å². The van der Waals surface area contributed by atoms with Crippen molar-refractivity contribution in [3.63, 3.8) is 0 Å². The van der Waals surface area contributed by atoms with Crippen molar-refractivity contribution in [2.24, 2.45) is 0 Å². The van der Waals surface area contributed by atoms with Gasteiger partial charge in [-0.2, -0.15) is 0 Å². The van der Waals surface area contributed by atoms with E-state index in [9.17, 15) is 0 Å². The quantitative estimate of drug-likeness (QED) is 0.568. The third-order valence-corrected chi connectivity index (χ3v) is 8.55. The molecule has 0 saturated heterocycles. The van der Waals surface area contributed by atoms with E-state index in [4.69, 9.17) is 4.12 Å². The lowest BCUT2D eigenvalue weighted by molar-refractivity contribution is 0.577. The van der Waals surface area contributed by atoms with Crippen molar-refractivity contribution in [2.75, 3.05) is 0 Å². The lowest BCUT2D eigenvalue weighted by Gasteiger charge is -2.17. The molecule has 2 unspecified atom stereocenters. The van der Waals surface area contributed by atoms with E-state index < -0.39 is 18.1 Å². The Bertz CT molecular complexity index is 97.1. The van der Waals surface area contributed by atoms with Gasteiger partial charge in [-0.25, -0.2) is 0 Å². The van der Waals surface area contributed by atoms with Crippen LogP contribution in [0, 0.1) is 0 Å². The summed E-state index contributed by atoms with van der Waals surface area (Å²) in [5.74, 6) is 0. The van der Waals surface area contributed by atoms with E-state index in [1.165, 1.54) is 37.8 Å². The van der Waals surface area contributed by atoms with Crippen LogP contribution in [0.4, 0.5) is 0 Å². The Hall–Kier alpha value is 0.394. The second-order valence-corrected chi connectivity index (χ2v) is 9.53. The van der Waals surface area contributed by atoms with Crippen molar-refractivity contribution in [3.8, 4) is 0 Å². The lowest BCUT2D eigenvalue weighted by atomic mass is 10.4. The monoisotopic (exact) mass is 218 g/mol. The molecule has 0 aromatic heterocycles. The van der Waals surface area contributed by atoms with E-state index in [2.05, 4.69) is 26.9 Å². The number of hydrogen-bond acceptors (Lipinski definition) is 1. The standard InChI is InChI=1S/C10H26OSi2/c1-5-7-9-12(3)11-13(4)10-8-6-2/h12-13H,5-10H2,1-4H3. The maximum absolute atomic E-state index is 6.13. The number of unbranched alkanes of at least 4 members (excludes halogenated alkanes) is 2. The smallest absolute Gasteiger partial charge is 0.159 e. The van der Waals surface area contributed by atoms with Crippen LogP contribution in [0.5, 0.6) is 0 Å². The van der Waals surface area contributed by atoms with Crippen molar-refractivity contribution >= 4 is 18.1 Å². The van der Waals surface area contributed by atoms with Gasteiger partial charge in [0.25, 0.3) is 0 Å². The first-order valence-electron chi connectivity index (χ1n) is 5.86. The molecule has 1 nitrogen and oxygen atoms in total. The minimum Gasteiger partial charge on any atom is -0.460 e. The molecule has 0 radical (unpaired) electrons. The normalized spacial score (nSPS) is 15.7. The summed E-state index contributed by atoms with van der Waals surface area (Å²) in [6.45, 7) is 9.26. The maximum Gasteiger partial charge on any atom is 0.159 e. The van der Waals surface area contributed by atoms with Crippen LogP contribution in [-0.4, -0.2) is 18.1 Å². The Morgan fingerprint density at radius 1 is 0.846 bits per heavy atom. The topological polar surface area (TPSA) is 9.23 Å². The van der Waals surface area contributed by atoms with Gasteiger partial charge in [0.2, 0.25) is 0 Å². The SMILES string of the molecule is CCCC[SiH](C)O[SiH](C)CCCC. The summed E-state index contributed by atoms with van der Waals surface area (Å²) in [6.07, 6.45) is 5.40. The van der Waals surface area contributed by atoms with Crippen molar-refractivity contribution in [1.82, 2.24) is 0 Å². The van der Waals surface area contributed by atoms with Crippen molar-refractivity contribution in [2.45, 2.75) is 64.7 Å². The molecule has 0 saturated carbocycles. The third-order valence-electron chi connectivity index (χ3n) is 2.39. The van der Waals surface area contributed by atoms with Crippen LogP contribution in [0.1, 0.15) is 39.5 Å². The highest BCUT2D eigenvalue weighted by atomic mass is 28.4. The zero-order valence-corrected chi connectivity index (χ0v) is 12.1. The first-order chi connectivity index (χ1) is 6.20. The van der Waals surface area contributed by atoms with E-state index in [1.54, 1.807) is 0 Å². The van der Waals surface area contributed by atoms with Gasteiger partial charge in [-0.05, 0) is 25.2 Å². The summed E-state index contributed by atoms with van der Waals surface area (Å²) in [4.78, 5) is 0. The minimum absolute atomic E-state index is 0.759. The van der Waals surface area contributed by atoms with E-state index in [0.717, 1.165) is 0 Å². The van der Waals surface area contributed by atoms with Crippen molar-refractivity contribution in [3.05, 3.63) is 0 Å². The van der Waals surface area contributed by atoms with E-state index in [-0.39, 0.29) is 0 Å². The summed E-state index contributed by atoms with van der Waals surface area (Å²) in [5, 5.41) is 0. The predicted octanol–water partition coefficient (Wildman–Crippen LogP) is 3.31. The fraction of sp³-hybridized carbons (Fsp3) is 1.00. The van der Waals surface area contributed by atoms with Crippen LogP contribution in [0.25, 0.3) is 0 Å². The summed E-state index contributed by atoms with van der Waals surface area (Å²) in [7, 11) is -1.52. The molecule has 80 valence electrons. The molecular weight excluding hydrogens is 192 g/mol. The van der Waals surface area contributed by atoms with Gasteiger partial charge in [-0.3, -0.25) is 0 Å². The molecule has 0 rings (SSSR count). The number of rotatable bonds is 8. The Morgan fingerprint density at radius 3 is 1.54 bits per heavy atom. The van der Waals surface area contributed by atoms with Crippen LogP contribution in [0.2, 0.25) is 25.2 Å². The van der Waals surface area contributed by atoms with Crippen molar-refractivity contribution < 1.29 is 4.12 Å². The van der Waals surface area contributed by atoms with Gasteiger partial charge in [0.1, 0.15) is 0 Å². The second kappa shape index (κ2) is 8.97. The summed E-state index contributed by atoms with van der Waals surface area (Å²) >= 11 is 0. The zero-order chi connectivity index (χ0) is 10.1. The predicted molar refractivity (Wildman–Crippen MR) is 66.5 cm³/mol. The molecule has 0 aliphatic rings. The Morgan fingerprint density at radius 2 is 1.23 bits per heavy atom. The molecule has 13 heavy (non-hydrogen) atoms. The summed E-state index contributed by atoms with van der Waals surface area (Å²) in [6, 6.07) is 2.78. The summed E-state index contributed by atoms with van der Waals surface area (Å²) < 4.78 is 6.13. The van der Waals surface area contributed by atoms with Gasteiger partial charge < -0.3 is 4.12 Å². The molecule has 0 amide bonds. The molecule has 0 heterocycles. The highest BCUT2D eigenvalue weighted by molar-refractivity contribution is 6.64. The van der Waals surface area contributed by atoms with Gasteiger partial charge in [-0.1, -0.05) is 39.5 Å². The van der Waals surface area contributed by atoms with Crippen LogP contribution >= 0.6 is 0 Å². The highest BCUT2D eigenvalue weighted by Gasteiger charge is 2.09. The Labute approximate surface area is 87.3 Å². The Kier molecular flexibility index (Phi) is 9.24. The minimum atomic E-state index is -0.759. The van der Waals surface area contributed by atoms with E-state index >= 15 is 0 Å². The average Bonchev–Trinajstić information content (AvgIpc) is 2.11. The van der Waals surface area contributed by atoms with Crippen LogP contribution in [0.15, 0.2) is 0 Å². The first-order valence-corrected chi connectivity index (χ1v) is 10.7. The molecule has 0 N–H and O–H groups in total. The molecule has 0 aliphatic heterocycles. The molecule has 0 aromatic rings. The van der Waals surface area contributed by atoms with E-state index in [1.807, 2.05) is 0 Å². The highest BCUT2D eigenvalue weighted by Crippen LogP contribution is 2.08. The van der Waals surface area contributed by atoms with E-state index in [0.29, 0.717) is 0 Å². The molecule has 0 fully saturated rings. The van der Waals surface area contributed by atoms with Crippen LogP contribution in [-0.2, 0) is 4.12 Å². The average molecular weight is 218 g/mol.